The minimum atomic E-state index is -4.76. The zero-order valence-electron chi connectivity index (χ0n) is 14.6. The van der Waals surface area contributed by atoms with Crippen molar-refractivity contribution < 1.29 is 37.2 Å². The lowest BCUT2D eigenvalue weighted by atomic mass is 9.72. The summed E-state index contributed by atoms with van der Waals surface area (Å²) in [6.45, 7) is 6.34. The molecule has 148 valence electrons. The Hall–Kier alpha value is -2.40. The molecular weight excluding hydrogens is 371 g/mol. The van der Waals surface area contributed by atoms with Gasteiger partial charge in [-0.05, 0) is 24.1 Å². The molecule has 0 unspecified atom stereocenters. The predicted octanol–water partition coefficient (Wildman–Crippen LogP) is 1.28. The van der Waals surface area contributed by atoms with Crippen molar-refractivity contribution in [1.82, 2.24) is 10.6 Å². The van der Waals surface area contributed by atoms with Gasteiger partial charge in [-0.1, -0.05) is 26.0 Å². The van der Waals surface area contributed by atoms with E-state index >= 15 is 0 Å². The molecule has 1 aromatic carbocycles. The summed E-state index contributed by atoms with van der Waals surface area (Å²) in [5.74, 6) is -4.67. The van der Waals surface area contributed by atoms with Crippen LogP contribution in [-0.2, 0) is 11.0 Å². The third kappa shape index (κ3) is 6.37. The first-order valence-electron chi connectivity index (χ1n) is 7.83. The standard InChI is InChI=1S/C16H19BF4N2O4/c1-8(2)9(3)14(17(26)27)23-13(24)7-22-15(25)11-6-10(16(19,20)21)4-5-12(11)18/h4-6,8,14,26-27H,3,7H2,1-2H3,(H,22,25)(H,23,24)/t14-/m0/s1. The topological polar surface area (TPSA) is 98.7 Å². The summed E-state index contributed by atoms with van der Waals surface area (Å²) in [6, 6.07) is 1.33. The maximum Gasteiger partial charge on any atom is 0.479 e. The molecule has 1 atom stereocenters. The van der Waals surface area contributed by atoms with E-state index < -0.39 is 54.5 Å². The van der Waals surface area contributed by atoms with Crippen molar-refractivity contribution in [2.24, 2.45) is 5.92 Å². The fourth-order valence-corrected chi connectivity index (χ4v) is 2.07. The summed E-state index contributed by atoms with van der Waals surface area (Å²) in [7, 11) is -1.94. The Bertz CT molecular complexity index is 723. The molecule has 1 rings (SSSR count). The number of benzene rings is 1. The van der Waals surface area contributed by atoms with Gasteiger partial charge in [0.1, 0.15) is 5.82 Å². The lowest BCUT2D eigenvalue weighted by molar-refractivity contribution is -0.137. The predicted molar refractivity (Wildman–Crippen MR) is 89.8 cm³/mol. The fraction of sp³-hybridized carbons (Fsp3) is 0.375. The molecule has 1 aromatic rings. The Morgan fingerprint density at radius 1 is 1.26 bits per heavy atom. The molecule has 0 aromatic heterocycles. The van der Waals surface area contributed by atoms with Crippen molar-refractivity contribution in [2.45, 2.75) is 26.0 Å². The molecule has 0 bridgehead atoms. The summed E-state index contributed by atoms with van der Waals surface area (Å²) in [4.78, 5) is 23.8. The highest BCUT2D eigenvalue weighted by atomic mass is 19.4. The molecule has 0 fully saturated rings. The number of nitrogens with one attached hydrogen (secondary N) is 2. The second kappa shape index (κ2) is 9.00. The van der Waals surface area contributed by atoms with Crippen LogP contribution in [-0.4, -0.2) is 41.5 Å². The molecular formula is C16H19BF4N2O4. The Labute approximate surface area is 153 Å². The highest BCUT2D eigenvalue weighted by Crippen LogP contribution is 2.30. The van der Waals surface area contributed by atoms with E-state index in [1.807, 2.05) is 5.32 Å². The first kappa shape index (κ1) is 22.6. The largest absolute Gasteiger partial charge is 0.479 e. The monoisotopic (exact) mass is 390 g/mol. The van der Waals surface area contributed by atoms with Gasteiger partial charge in [0.05, 0.1) is 23.6 Å². The van der Waals surface area contributed by atoms with E-state index in [-0.39, 0.29) is 5.92 Å². The van der Waals surface area contributed by atoms with E-state index in [0.29, 0.717) is 23.8 Å². The summed E-state index contributed by atoms with van der Waals surface area (Å²) in [6.07, 6.45) is -4.76. The van der Waals surface area contributed by atoms with Gasteiger partial charge in [-0.3, -0.25) is 9.59 Å². The number of hydrogen-bond acceptors (Lipinski definition) is 4. The number of halogens is 4. The van der Waals surface area contributed by atoms with Crippen LogP contribution in [0.2, 0.25) is 0 Å². The summed E-state index contributed by atoms with van der Waals surface area (Å²) >= 11 is 0. The zero-order chi connectivity index (χ0) is 20.9. The molecule has 0 aliphatic carbocycles. The maximum atomic E-state index is 13.6. The molecule has 0 radical (unpaired) electrons. The number of amides is 2. The molecule has 0 spiro atoms. The first-order chi connectivity index (χ1) is 12.3. The van der Waals surface area contributed by atoms with E-state index in [2.05, 4.69) is 11.9 Å². The van der Waals surface area contributed by atoms with Crippen molar-refractivity contribution in [3.8, 4) is 0 Å². The van der Waals surface area contributed by atoms with Crippen LogP contribution >= 0.6 is 0 Å². The lowest BCUT2D eigenvalue weighted by Gasteiger charge is -2.22. The number of rotatable bonds is 7. The van der Waals surface area contributed by atoms with Crippen molar-refractivity contribution in [3.05, 3.63) is 47.3 Å². The van der Waals surface area contributed by atoms with Gasteiger partial charge in [-0.15, -0.1) is 0 Å². The molecule has 11 heteroatoms. The molecule has 27 heavy (non-hydrogen) atoms. The summed E-state index contributed by atoms with van der Waals surface area (Å²) < 4.78 is 51.6. The van der Waals surface area contributed by atoms with Gasteiger partial charge in [0.25, 0.3) is 5.91 Å². The molecule has 0 aliphatic heterocycles. The molecule has 4 N–H and O–H groups in total. The van der Waals surface area contributed by atoms with Gasteiger partial charge in [0.2, 0.25) is 5.91 Å². The van der Waals surface area contributed by atoms with Crippen molar-refractivity contribution in [1.29, 1.82) is 0 Å². The first-order valence-corrected chi connectivity index (χ1v) is 7.83. The Morgan fingerprint density at radius 2 is 1.85 bits per heavy atom. The maximum absolute atomic E-state index is 13.6. The van der Waals surface area contributed by atoms with E-state index in [0.717, 1.165) is 0 Å². The molecule has 0 heterocycles. The van der Waals surface area contributed by atoms with E-state index in [4.69, 9.17) is 0 Å². The highest BCUT2D eigenvalue weighted by molar-refractivity contribution is 6.44. The van der Waals surface area contributed by atoms with Crippen LogP contribution in [0, 0.1) is 11.7 Å². The van der Waals surface area contributed by atoms with Crippen LogP contribution in [0.5, 0.6) is 0 Å². The zero-order valence-corrected chi connectivity index (χ0v) is 14.6. The normalized spacial score (nSPS) is 12.5. The number of alkyl halides is 3. The minimum Gasteiger partial charge on any atom is -0.426 e. The smallest absolute Gasteiger partial charge is 0.426 e. The van der Waals surface area contributed by atoms with Crippen LogP contribution < -0.4 is 10.6 Å². The number of carbonyl (C=O) groups is 2. The van der Waals surface area contributed by atoms with Crippen LogP contribution in [0.1, 0.15) is 29.8 Å². The van der Waals surface area contributed by atoms with Crippen LogP contribution in [0.3, 0.4) is 0 Å². The van der Waals surface area contributed by atoms with Crippen molar-refractivity contribution in [2.75, 3.05) is 6.54 Å². The molecule has 6 nitrogen and oxygen atoms in total. The number of hydrogen-bond donors (Lipinski definition) is 4. The average molecular weight is 390 g/mol. The molecule has 0 saturated carbocycles. The van der Waals surface area contributed by atoms with Gasteiger partial charge >= 0.3 is 13.3 Å². The molecule has 0 aliphatic rings. The van der Waals surface area contributed by atoms with Crippen molar-refractivity contribution in [3.63, 3.8) is 0 Å². The highest BCUT2D eigenvalue weighted by Gasteiger charge is 2.32. The van der Waals surface area contributed by atoms with Gasteiger partial charge in [0, 0.05) is 0 Å². The SMILES string of the molecule is C=C(C(C)C)[C@H](NC(=O)CNC(=O)c1cc(C(F)(F)F)ccc1F)B(O)O. The van der Waals surface area contributed by atoms with Crippen LogP contribution in [0.15, 0.2) is 30.4 Å². The third-order valence-electron chi connectivity index (χ3n) is 3.70. The van der Waals surface area contributed by atoms with Gasteiger partial charge in [0.15, 0.2) is 0 Å². The van der Waals surface area contributed by atoms with Crippen molar-refractivity contribution >= 4 is 18.9 Å². The van der Waals surface area contributed by atoms with E-state index in [1.165, 1.54) is 0 Å². The Balaban J connectivity index is 2.79. The summed E-state index contributed by atoms with van der Waals surface area (Å²) in [5, 5.41) is 22.8. The van der Waals surface area contributed by atoms with Gasteiger partial charge in [-0.25, -0.2) is 4.39 Å². The molecule has 0 saturated heterocycles. The second-order valence-corrected chi connectivity index (χ2v) is 6.06. The van der Waals surface area contributed by atoms with Crippen LogP contribution in [0.4, 0.5) is 17.6 Å². The summed E-state index contributed by atoms with van der Waals surface area (Å²) in [5.41, 5.74) is -1.77. The third-order valence-corrected chi connectivity index (χ3v) is 3.70. The van der Waals surface area contributed by atoms with E-state index in [1.54, 1.807) is 13.8 Å². The second-order valence-electron chi connectivity index (χ2n) is 6.06. The molecule has 2 amide bonds. The fourth-order valence-electron chi connectivity index (χ4n) is 2.07. The quantitative estimate of drug-likeness (QED) is 0.320. The van der Waals surface area contributed by atoms with Gasteiger partial charge in [-0.2, -0.15) is 13.2 Å². The van der Waals surface area contributed by atoms with E-state index in [9.17, 15) is 37.2 Å². The lowest BCUT2D eigenvalue weighted by Crippen LogP contribution is -2.51. The number of carbonyl (C=O) groups excluding carboxylic acids is 2. The van der Waals surface area contributed by atoms with Gasteiger partial charge < -0.3 is 20.7 Å². The van der Waals surface area contributed by atoms with Crippen LogP contribution in [0.25, 0.3) is 0 Å². The Morgan fingerprint density at radius 3 is 2.33 bits per heavy atom. The average Bonchev–Trinajstić information content (AvgIpc) is 2.55. The Kier molecular flexibility index (Phi) is 7.55. The minimum absolute atomic E-state index is 0.189.